The minimum Gasteiger partial charge on any atom is -0.471 e. The molecule has 2 aromatic heterocycles. The van der Waals surface area contributed by atoms with Gasteiger partial charge >= 0.3 is 0 Å². The Kier molecular flexibility index (Phi) is 4.51. The SMILES string of the molecule is CN1C=C(c2cc(OCc3ccccn3)nc3c2CCCC3)C=CC1. The van der Waals surface area contributed by atoms with Crippen LogP contribution in [-0.2, 0) is 19.4 Å². The molecule has 1 aliphatic carbocycles. The molecule has 0 spiro atoms. The highest BCUT2D eigenvalue weighted by Gasteiger charge is 2.19. The monoisotopic (exact) mass is 333 g/mol. The Morgan fingerprint density at radius 2 is 2.12 bits per heavy atom. The predicted octanol–water partition coefficient (Wildman–Crippen LogP) is 3.78. The Hall–Kier alpha value is -2.62. The van der Waals surface area contributed by atoms with E-state index in [0.29, 0.717) is 12.5 Å². The summed E-state index contributed by atoms with van der Waals surface area (Å²) in [6.07, 6.45) is 13.0. The Bertz CT molecular complexity index is 811. The first-order valence-corrected chi connectivity index (χ1v) is 8.94. The first-order chi connectivity index (χ1) is 12.3. The molecule has 128 valence electrons. The molecule has 4 heteroatoms. The molecule has 25 heavy (non-hydrogen) atoms. The van der Waals surface area contributed by atoms with E-state index in [0.717, 1.165) is 25.1 Å². The van der Waals surface area contributed by atoms with Crippen LogP contribution < -0.4 is 4.74 Å². The minimum absolute atomic E-state index is 0.445. The van der Waals surface area contributed by atoms with Crippen molar-refractivity contribution in [3.63, 3.8) is 0 Å². The van der Waals surface area contributed by atoms with Crippen molar-refractivity contribution in [1.29, 1.82) is 0 Å². The van der Waals surface area contributed by atoms with Gasteiger partial charge in [0, 0.05) is 37.7 Å². The van der Waals surface area contributed by atoms with E-state index in [1.807, 2.05) is 18.2 Å². The molecule has 0 saturated heterocycles. The van der Waals surface area contributed by atoms with E-state index in [4.69, 9.17) is 9.72 Å². The maximum Gasteiger partial charge on any atom is 0.214 e. The van der Waals surface area contributed by atoms with Crippen molar-refractivity contribution in [2.45, 2.75) is 32.3 Å². The number of fused-ring (bicyclic) bond motifs is 1. The Morgan fingerprint density at radius 1 is 1.20 bits per heavy atom. The topological polar surface area (TPSA) is 38.2 Å². The van der Waals surface area contributed by atoms with Crippen molar-refractivity contribution in [1.82, 2.24) is 14.9 Å². The molecule has 0 saturated carbocycles. The lowest BCUT2D eigenvalue weighted by Crippen LogP contribution is -2.16. The average molecular weight is 333 g/mol. The Morgan fingerprint density at radius 3 is 2.96 bits per heavy atom. The zero-order chi connectivity index (χ0) is 17.1. The molecule has 0 bridgehead atoms. The molecule has 2 aromatic rings. The molecular weight excluding hydrogens is 310 g/mol. The maximum absolute atomic E-state index is 5.98. The Labute approximate surface area is 148 Å². The van der Waals surface area contributed by atoms with Crippen LogP contribution in [0.3, 0.4) is 0 Å². The number of hydrogen-bond donors (Lipinski definition) is 0. The van der Waals surface area contributed by atoms with Crippen LogP contribution >= 0.6 is 0 Å². The third kappa shape index (κ3) is 3.58. The van der Waals surface area contributed by atoms with Crippen LogP contribution in [0, 0.1) is 0 Å². The van der Waals surface area contributed by atoms with Crippen molar-refractivity contribution in [3.8, 4) is 5.88 Å². The summed E-state index contributed by atoms with van der Waals surface area (Å²) in [6, 6.07) is 7.96. The van der Waals surface area contributed by atoms with E-state index < -0.39 is 0 Å². The smallest absolute Gasteiger partial charge is 0.214 e. The summed E-state index contributed by atoms with van der Waals surface area (Å²) in [6.45, 7) is 1.40. The number of aryl methyl sites for hydroxylation is 1. The first-order valence-electron chi connectivity index (χ1n) is 8.94. The summed E-state index contributed by atoms with van der Waals surface area (Å²) in [7, 11) is 2.11. The van der Waals surface area contributed by atoms with E-state index in [9.17, 15) is 0 Å². The van der Waals surface area contributed by atoms with Crippen molar-refractivity contribution in [3.05, 3.63) is 71.3 Å². The molecule has 1 aliphatic heterocycles. The standard InChI is InChI=1S/C21H23N3O/c1-24-12-6-7-16(14-24)19-13-21(23-20-10-3-2-9-18(19)20)25-15-17-8-4-5-11-22-17/h4-8,11,13-14H,2-3,9-10,12,15H2,1H3. The van der Waals surface area contributed by atoms with Crippen molar-refractivity contribution >= 4 is 5.57 Å². The van der Waals surface area contributed by atoms with E-state index in [-0.39, 0.29) is 0 Å². The number of rotatable bonds is 4. The molecule has 0 fully saturated rings. The van der Waals surface area contributed by atoms with Crippen LogP contribution in [0.15, 0.2) is 48.8 Å². The molecule has 0 unspecified atom stereocenters. The summed E-state index contributed by atoms with van der Waals surface area (Å²) in [5, 5.41) is 0. The lowest BCUT2D eigenvalue weighted by Gasteiger charge is -2.23. The highest BCUT2D eigenvalue weighted by molar-refractivity contribution is 5.77. The van der Waals surface area contributed by atoms with Crippen LogP contribution in [0.2, 0.25) is 0 Å². The van der Waals surface area contributed by atoms with Gasteiger partial charge in [-0.25, -0.2) is 4.98 Å². The second kappa shape index (κ2) is 7.09. The fourth-order valence-corrected chi connectivity index (χ4v) is 3.48. The first kappa shape index (κ1) is 15.9. The van der Waals surface area contributed by atoms with Gasteiger partial charge in [-0.15, -0.1) is 0 Å². The maximum atomic E-state index is 5.98. The second-order valence-electron chi connectivity index (χ2n) is 6.68. The third-order valence-electron chi connectivity index (χ3n) is 4.73. The van der Waals surface area contributed by atoms with Gasteiger partial charge in [0.1, 0.15) is 6.61 Å². The number of aromatic nitrogens is 2. The number of ether oxygens (including phenoxy) is 1. The lowest BCUT2D eigenvalue weighted by molar-refractivity contribution is 0.287. The summed E-state index contributed by atoms with van der Waals surface area (Å²) < 4.78 is 5.98. The predicted molar refractivity (Wildman–Crippen MR) is 99.2 cm³/mol. The van der Waals surface area contributed by atoms with Crippen LogP contribution in [0.5, 0.6) is 5.88 Å². The highest BCUT2D eigenvalue weighted by atomic mass is 16.5. The van der Waals surface area contributed by atoms with E-state index in [1.54, 1.807) is 6.20 Å². The van der Waals surface area contributed by atoms with Crippen molar-refractivity contribution < 1.29 is 4.74 Å². The van der Waals surface area contributed by atoms with E-state index in [1.165, 1.54) is 35.2 Å². The summed E-state index contributed by atoms with van der Waals surface area (Å²) in [5.74, 6) is 0.698. The van der Waals surface area contributed by atoms with Gasteiger partial charge in [0.2, 0.25) is 5.88 Å². The summed E-state index contributed by atoms with van der Waals surface area (Å²) >= 11 is 0. The summed E-state index contributed by atoms with van der Waals surface area (Å²) in [4.78, 5) is 11.3. The number of nitrogens with zero attached hydrogens (tertiary/aromatic N) is 3. The Balaban J connectivity index is 1.66. The van der Waals surface area contributed by atoms with Crippen LogP contribution in [0.4, 0.5) is 0 Å². The second-order valence-corrected chi connectivity index (χ2v) is 6.68. The average Bonchev–Trinajstić information content (AvgIpc) is 2.66. The van der Waals surface area contributed by atoms with Gasteiger partial charge in [0.25, 0.3) is 0 Å². The molecule has 0 atom stereocenters. The van der Waals surface area contributed by atoms with Crippen molar-refractivity contribution in [2.75, 3.05) is 13.6 Å². The lowest BCUT2D eigenvalue weighted by atomic mass is 9.89. The molecule has 0 radical (unpaired) electrons. The van der Waals surface area contributed by atoms with Gasteiger partial charge in [0.05, 0.1) is 5.69 Å². The van der Waals surface area contributed by atoms with Gasteiger partial charge in [0.15, 0.2) is 0 Å². The van der Waals surface area contributed by atoms with E-state index in [2.05, 4.69) is 41.3 Å². The van der Waals surface area contributed by atoms with Gasteiger partial charge in [-0.3, -0.25) is 4.98 Å². The van der Waals surface area contributed by atoms with Crippen LogP contribution in [0.25, 0.3) is 5.57 Å². The van der Waals surface area contributed by atoms with Crippen LogP contribution in [0.1, 0.15) is 35.4 Å². The number of allylic oxidation sites excluding steroid dienone is 2. The molecule has 4 rings (SSSR count). The van der Waals surface area contributed by atoms with Gasteiger partial charge in [-0.2, -0.15) is 0 Å². The van der Waals surface area contributed by atoms with Gasteiger partial charge in [-0.1, -0.05) is 18.2 Å². The largest absolute Gasteiger partial charge is 0.471 e. The molecule has 3 heterocycles. The normalized spacial score (nSPS) is 16.4. The number of pyridine rings is 2. The molecule has 0 amide bonds. The zero-order valence-electron chi connectivity index (χ0n) is 14.6. The zero-order valence-corrected chi connectivity index (χ0v) is 14.6. The number of likely N-dealkylation sites (N-methyl/N-ethyl adjacent to an activating group) is 1. The summed E-state index contributed by atoms with van der Waals surface area (Å²) in [5.41, 5.74) is 6.02. The minimum atomic E-state index is 0.445. The van der Waals surface area contributed by atoms with E-state index >= 15 is 0 Å². The molecule has 2 aliphatic rings. The fraction of sp³-hybridized carbons (Fsp3) is 0.333. The third-order valence-corrected chi connectivity index (χ3v) is 4.73. The fourth-order valence-electron chi connectivity index (χ4n) is 3.48. The van der Waals surface area contributed by atoms with Crippen LogP contribution in [-0.4, -0.2) is 28.5 Å². The molecule has 0 N–H and O–H groups in total. The molecule has 0 aromatic carbocycles. The highest BCUT2D eigenvalue weighted by Crippen LogP contribution is 2.32. The quantitative estimate of drug-likeness (QED) is 0.853. The van der Waals surface area contributed by atoms with Gasteiger partial charge in [-0.05, 0) is 54.5 Å². The van der Waals surface area contributed by atoms with Gasteiger partial charge < -0.3 is 9.64 Å². The molecular formula is C21H23N3O. The van der Waals surface area contributed by atoms with Crippen molar-refractivity contribution in [2.24, 2.45) is 0 Å². The molecule has 4 nitrogen and oxygen atoms in total. The number of hydrogen-bond acceptors (Lipinski definition) is 4.